The molecule has 1 fully saturated rings. The maximum atomic E-state index is 13.6. The molecule has 2 aromatic rings. The third-order valence-electron chi connectivity index (χ3n) is 5.15. The smallest absolute Gasteiger partial charge is 0.234 e. The minimum atomic E-state index is -0.569. The Balaban J connectivity index is 1.32. The summed E-state index contributed by atoms with van der Waals surface area (Å²) in [5, 5.41) is 2.76. The lowest BCUT2D eigenvalue weighted by Gasteiger charge is -2.34. The molecule has 150 valence electrons. The zero-order chi connectivity index (χ0) is 19.8. The van der Waals surface area contributed by atoms with Crippen molar-refractivity contribution in [3.63, 3.8) is 0 Å². The normalized spacial score (nSPS) is 15.5. The number of carbonyl (C=O) groups excluding carboxylic acids is 1. The number of nitrogens with zero attached hydrogens (tertiary/aromatic N) is 2. The lowest BCUT2D eigenvalue weighted by molar-refractivity contribution is -0.122. The summed E-state index contributed by atoms with van der Waals surface area (Å²) >= 11 is 0. The topological polar surface area (TPSA) is 35.6 Å². The fraction of sp³-hybridized carbons (Fsp3) is 0.409. The van der Waals surface area contributed by atoms with Crippen LogP contribution in [0.25, 0.3) is 0 Å². The van der Waals surface area contributed by atoms with Crippen LogP contribution in [0.15, 0.2) is 48.5 Å². The van der Waals surface area contributed by atoms with Crippen LogP contribution in [0, 0.1) is 11.6 Å². The Bertz CT molecular complexity index is 741. The Hall–Kier alpha value is -2.31. The molecule has 0 atom stereocenters. The molecule has 0 saturated carbocycles. The lowest BCUT2D eigenvalue weighted by Crippen LogP contribution is -2.49. The molecular weight excluding hydrogens is 360 g/mol. The van der Waals surface area contributed by atoms with Gasteiger partial charge in [0.05, 0.1) is 6.54 Å². The molecule has 1 amide bonds. The van der Waals surface area contributed by atoms with Gasteiger partial charge < -0.3 is 10.2 Å². The highest BCUT2D eigenvalue weighted by molar-refractivity contribution is 5.78. The summed E-state index contributed by atoms with van der Waals surface area (Å²) in [6, 6.07) is 14.3. The first kappa shape index (κ1) is 20.4. The molecule has 1 heterocycles. The van der Waals surface area contributed by atoms with E-state index in [-0.39, 0.29) is 24.4 Å². The van der Waals surface area contributed by atoms with E-state index < -0.39 is 11.6 Å². The van der Waals surface area contributed by atoms with E-state index in [1.165, 1.54) is 23.8 Å². The average molecular weight is 387 g/mol. The third-order valence-corrected chi connectivity index (χ3v) is 5.15. The highest BCUT2D eigenvalue weighted by atomic mass is 19.1. The Morgan fingerprint density at radius 1 is 0.857 bits per heavy atom. The van der Waals surface area contributed by atoms with Crippen molar-refractivity contribution in [3.05, 3.63) is 71.3 Å². The molecule has 2 aromatic carbocycles. The first-order valence-corrected chi connectivity index (χ1v) is 9.80. The van der Waals surface area contributed by atoms with E-state index in [9.17, 15) is 13.6 Å². The van der Waals surface area contributed by atoms with Gasteiger partial charge in [0.15, 0.2) is 0 Å². The Morgan fingerprint density at radius 2 is 1.50 bits per heavy atom. The Morgan fingerprint density at radius 3 is 2.18 bits per heavy atom. The summed E-state index contributed by atoms with van der Waals surface area (Å²) < 4.78 is 27.2. The molecule has 1 saturated heterocycles. The van der Waals surface area contributed by atoms with Crippen molar-refractivity contribution in [2.24, 2.45) is 0 Å². The molecule has 0 bridgehead atoms. The second-order valence-electron chi connectivity index (χ2n) is 7.15. The minimum Gasteiger partial charge on any atom is -0.355 e. The second-order valence-corrected chi connectivity index (χ2v) is 7.15. The van der Waals surface area contributed by atoms with E-state index in [0.717, 1.165) is 39.1 Å². The summed E-state index contributed by atoms with van der Waals surface area (Å²) in [5.74, 6) is -1.24. The van der Waals surface area contributed by atoms with E-state index in [1.54, 1.807) is 0 Å². The summed E-state index contributed by atoms with van der Waals surface area (Å²) in [6.07, 6.45) is 1.19. The predicted octanol–water partition coefficient (Wildman–Crippen LogP) is 2.48. The Labute approximate surface area is 165 Å². The number of rotatable bonds is 8. The van der Waals surface area contributed by atoms with Crippen LogP contribution in [0.5, 0.6) is 0 Å². The highest BCUT2D eigenvalue weighted by Crippen LogP contribution is 2.12. The van der Waals surface area contributed by atoms with Gasteiger partial charge in [-0.2, -0.15) is 0 Å². The SMILES string of the molecule is O=C(CN1CCN(CCc2ccccc2)CC1)NCCc1c(F)cccc1F. The maximum Gasteiger partial charge on any atom is 0.234 e. The molecule has 6 heteroatoms. The molecule has 1 aliphatic rings. The average Bonchev–Trinajstić information content (AvgIpc) is 2.70. The number of hydrogen-bond acceptors (Lipinski definition) is 3. The molecule has 3 rings (SSSR count). The Kier molecular flexibility index (Phi) is 7.51. The van der Waals surface area contributed by atoms with Crippen molar-refractivity contribution in [1.29, 1.82) is 0 Å². The molecule has 0 radical (unpaired) electrons. The van der Waals surface area contributed by atoms with Crippen molar-refractivity contribution in [3.8, 4) is 0 Å². The zero-order valence-electron chi connectivity index (χ0n) is 16.0. The molecule has 0 aliphatic carbocycles. The van der Waals surface area contributed by atoms with Crippen LogP contribution in [0.2, 0.25) is 0 Å². The molecule has 28 heavy (non-hydrogen) atoms. The van der Waals surface area contributed by atoms with Gasteiger partial charge in [-0.25, -0.2) is 8.78 Å². The van der Waals surface area contributed by atoms with Gasteiger partial charge in [-0.15, -0.1) is 0 Å². The van der Waals surface area contributed by atoms with Gasteiger partial charge in [-0.1, -0.05) is 36.4 Å². The first-order valence-electron chi connectivity index (χ1n) is 9.80. The minimum absolute atomic E-state index is 0.0230. The van der Waals surface area contributed by atoms with Crippen LogP contribution >= 0.6 is 0 Å². The van der Waals surface area contributed by atoms with Crippen LogP contribution in [-0.2, 0) is 17.6 Å². The quantitative estimate of drug-likeness (QED) is 0.756. The fourth-order valence-electron chi connectivity index (χ4n) is 3.46. The molecule has 0 unspecified atom stereocenters. The van der Waals surface area contributed by atoms with Gasteiger partial charge in [-0.3, -0.25) is 9.69 Å². The van der Waals surface area contributed by atoms with Crippen molar-refractivity contribution >= 4 is 5.91 Å². The lowest BCUT2D eigenvalue weighted by atomic mass is 10.1. The van der Waals surface area contributed by atoms with Gasteiger partial charge in [0, 0.05) is 44.8 Å². The van der Waals surface area contributed by atoms with E-state index in [1.807, 2.05) is 6.07 Å². The van der Waals surface area contributed by atoms with Crippen molar-refractivity contribution in [1.82, 2.24) is 15.1 Å². The number of benzene rings is 2. The van der Waals surface area contributed by atoms with Crippen molar-refractivity contribution < 1.29 is 13.6 Å². The number of hydrogen-bond donors (Lipinski definition) is 1. The maximum absolute atomic E-state index is 13.6. The molecular formula is C22H27F2N3O. The van der Waals surface area contributed by atoms with Gasteiger partial charge >= 0.3 is 0 Å². The second kappa shape index (κ2) is 10.3. The van der Waals surface area contributed by atoms with Crippen molar-refractivity contribution in [2.45, 2.75) is 12.8 Å². The zero-order valence-corrected chi connectivity index (χ0v) is 16.0. The number of halogens is 2. The first-order chi connectivity index (χ1) is 13.6. The number of nitrogens with one attached hydrogen (secondary N) is 1. The monoisotopic (exact) mass is 387 g/mol. The largest absolute Gasteiger partial charge is 0.355 e. The summed E-state index contributed by atoms with van der Waals surface area (Å²) in [4.78, 5) is 16.7. The van der Waals surface area contributed by atoms with Gasteiger partial charge in [0.1, 0.15) is 11.6 Å². The van der Waals surface area contributed by atoms with E-state index in [4.69, 9.17) is 0 Å². The summed E-state index contributed by atoms with van der Waals surface area (Å²) in [6.45, 7) is 5.17. The molecule has 1 aliphatic heterocycles. The summed E-state index contributed by atoms with van der Waals surface area (Å²) in [7, 11) is 0. The van der Waals surface area contributed by atoms with E-state index in [0.29, 0.717) is 6.54 Å². The number of carbonyl (C=O) groups is 1. The number of piperazine rings is 1. The third kappa shape index (κ3) is 6.11. The van der Waals surface area contributed by atoms with Crippen molar-refractivity contribution in [2.75, 3.05) is 45.8 Å². The van der Waals surface area contributed by atoms with Crippen LogP contribution in [0.3, 0.4) is 0 Å². The van der Waals surface area contributed by atoms with E-state index >= 15 is 0 Å². The standard InChI is InChI=1S/C22H27F2N3O/c23-20-7-4-8-21(24)19(20)9-11-25-22(28)17-27-15-13-26(14-16-27)12-10-18-5-2-1-3-6-18/h1-8H,9-17H2,(H,25,28). The van der Waals surface area contributed by atoms with Crippen LogP contribution in [0.4, 0.5) is 8.78 Å². The van der Waals surface area contributed by atoms with Gasteiger partial charge in [0.2, 0.25) is 5.91 Å². The van der Waals surface area contributed by atoms with Crippen LogP contribution < -0.4 is 5.32 Å². The molecule has 0 aromatic heterocycles. The highest BCUT2D eigenvalue weighted by Gasteiger charge is 2.18. The predicted molar refractivity (Wildman–Crippen MR) is 106 cm³/mol. The summed E-state index contributed by atoms with van der Waals surface area (Å²) in [5.41, 5.74) is 1.37. The van der Waals surface area contributed by atoms with Crippen LogP contribution in [0.1, 0.15) is 11.1 Å². The fourth-order valence-corrected chi connectivity index (χ4v) is 3.46. The van der Waals surface area contributed by atoms with E-state index in [2.05, 4.69) is 39.4 Å². The number of amides is 1. The molecule has 1 N–H and O–H groups in total. The molecule has 0 spiro atoms. The van der Waals surface area contributed by atoms with Crippen LogP contribution in [-0.4, -0.2) is 61.5 Å². The molecule has 4 nitrogen and oxygen atoms in total. The van der Waals surface area contributed by atoms with Gasteiger partial charge in [-0.05, 0) is 30.5 Å². The van der Waals surface area contributed by atoms with Gasteiger partial charge in [0.25, 0.3) is 0 Å².